The van der Waals surface area contributed by atoms with Crippen LogP contribution >= 0.6 is 0 Å². The maximum Gasteiger partial charge on any atom is 0.310 e. The quantitative estimate of drug-likeness (QED) is 0.254. The highest BCUT2D eigenvalue weighted by atomic mass is 16.5. The fourth-order valence-electron chi connectivity index (χ4n) is 5.25. The third-order valence-electron chi connectivity index (χ3n) is 7.19. The monoisotopic (exact) mass is 510 g/mol. The third kappa shape index (κ3) is 6.32. The Labute approximate surface area is 224 Å². The molecule has 1 aromatic heterocycles. The Morgan fingerprint density at radius 1 is 0.974 bits per heavy atom. The second kappa shape index (κ2) is 12.1. The second-order valence-corrected chi connectivity index (χ2v) is 9.91. The average Bonchev–Trinajstić information content (AvgIpc) is 3.52. The molecule has 38 heavy (non-hydrogen) atoms. The predicted molar refractivity (Wildman–Crippen MR) is 147 cm³/mol. The van der Waals surface area contributed by atoms with Crippen LogP contribution < -0.4 is 4.74 Å². The van der Waals surface area contributed by atoms with Gasteiger partial charge in [0.25, 0.3) is 0 Å². The van der Waals surface area contributed by atoms with Gasteiger partial charge in [0, 0.05) is 31.6 Å². The van der Waals surface area contributed by atoms with Gasteiger partial charge in [0.2, 0.25) is 5.89 Å². The zero-order valence-corrected chi connectivity index (χ0v) is 22.0. The number of esters is 1. The average molecular weight is 511 g/mol. The van der Waals surface area contributed by atoms with E-state index in [0.717, 1.165) is 47.8 Å². The molecule has 0 spiro atoms. The van der Waals surface area contributed by atoms with E-state index >= 15 is 0 Å². The molecule has 0 amide bonds. The van der Waals surface area contributed by atoms with Crippen molar-refractivity contribution in [1.82, 2.24) is 9.88 Å². The molecule has 1 fully saturated rings. The molecule has 0 unspecified atom stereocenters. The summed E-state index contributed by atoms with van der Waals surface area (Å²) in [6.07, 6.45) is 1.46. The van der Waals surface area contributed by atoms with Crippen LogP contribution in [0.4, 0.5) is 0 Å². The standard InChI is InChI=1S/C32H34N2O4/c1-23-30(33-31(38-23)26-13-7-4-8-14-26)16-17-37-28-15-9-12-25(19-28)18-27-21-34(22-29(27)32(35)36-2)20-24-10-5-3-6-11-24/h3-15,19,27,29H,16-18,20-22H2,1-2H3/t27-,29+/m0/s1. The third-order valence-corrected chi connectivity index (χ3v) is 7.19. The Morgan fingerprint density at radius 3 is 2.47 bits per heavy atom. The van der Waals surface area contributed by atoms with E-state index in [4.69, 9.17) is 13.9 Å². The number of oxazole rings is 1. The molecule has 1 aliphatic heterocycles. The maximum absolute atomic E-state index is 12.6. The van der Waals surface area contributed by atoms with Gasteiger partial charge in [0.15, 0.2) is 0 Å². The molecule has 0 bridgehead atoms. The molecule has 6 heteroatoms. The van der Waals surface area contributed by atoms with Crippen molar-refractivity contribution in [3.05, 3.63) is 108 Å². The van der Waals surface area contributed by atoms with E-state index in [-0.39, 0.29) is 17.8 Å². The van der Waals surface area contributed by atoms with Gasteiger partial charge < -0.3 is 13.9 Å². The van der Waals surface area contributed by atoms with E-state index < -0.39 is 0 Å². The molecule has 5 rings (SSSR count). The molecule has 3 aromatic carbocycles. The molecule has 0 N–H and O–H groups in total. The van der Waals surface area contributed by atoms with Crippen LogP contribution in [0.15, 0.2) is 89.3 Å². The van der Waals surface area contributed by atoms with Gasteiger partial charge in [-0.15, -0.1) is 0 Å². The van der Waals surface area contributed by atoms with Crippen LogP contribution in [0.5, 0.6) is 5.75 Å². The molecule has 6 nitrogen and oxygen atoms in total. The first-order valence-electron chi connectivity index (χ1n) is 13.2. The van der Waals surface area contributed by atoms with Crippen LogP contribution in [0.2, 0.25) is 0 Å². The molecule has 196 valence electrons. The Balaban J connectivity index is 1.19. The molecule has 2 atom stereocenters. The molecular formula is C32H34N2O4. The SMILES string of the molecule is COC(=O)[C@@H]1CN(Cc2ccccc2)C[C@@H]1Cc1cccc(OCCc2nc(-c3ccccc3)oc2C)c1. The number of nitrogens with zero attached hydrogens (tertiary/aromatic N) is 2. The number of hydrogen-bond donors (Lipinski definition) is 0. The van der Waals surface area contributed by atoms with E-state index in [0.29, 0.717) is 25.5 Å². The highest BCUT2D eigenvalue weighted by molar-refractivity contribution is 5.73. The van der Waals surface area contributed by atoms with Crippen molar-refractivity contribution in [2.75, 3.05) is 26.8 Å². The summed E-state index contributed by atoms with van der Waals surface area (Å²) in [5.74, 6) is 2.20. The van der Waals surface area contributed by atoms with Crippen molar-refractivity contribution < 1.29 is 18.7 Å². The van der Waals surface area contributed by atoms with Crippen molar-refractivity contribution in [2.24, 2.45) is 11.8 Å². The predicted octanol–water partition coefficient (Wildman–Crippen LogP) is 5.74. The van der Waals surface area contributed by atoms with Crippen molar-refractivity contribution >= 4 is 5.97 Å². The first kappa shape index (κ1) is 25.7. The number of rotatable bonds is 10. The maximum atomic E-state index is 12.6. The Hall–Kier alpha value is -3.90. The lowest BCUT2D eigenvalue weighted by Gasteiger charge is -2.17. The van der Waals surface area contributed by atoms with Gasteiger partial charge >= 0.3 is 5.97 Å². The van der Waals surface area contributed by atoms with Gasteiger partial charge in [-0.2, -0.15) is 0 Å². The molecule has 0 saturated carbocycles. The summed E-state index contributed by atoms with van der Waals surface area (Å²) >= 11 is 0. The van der Waals surface area contributed by atoms with E-state index in [1.807, 2.05) is 55.5 Å². The number of likely N-dealkylation sites (tertiary alicyclic amines) is 1. The number of benzene rings is 3. The summed E-state index contributed by atoms with van der Waals surface area (Å²) in [6, 6.07) is 28.5. The second-order valence-electron chi connectivity index (χ2n) is 9.91. The zero-order chi connectivity index (χ0) is 26.3. The number of methoxy groups -OCH3 is 1. The number of carbonyl (C=O) groups is 1. The highest BCUT2D eigenvalue weighted by Crippen LogP contribution is 2.30. The molecule has 0 aliphatic carbocycles. The Morgan fingerprint density at radius 2 is 1.71 bits per heavy atom. The molecule has 0 radical (unpaired) electrons. The molecule has 2 heterocycles. The summed E-state index contributed by atoms with van der Waals surface area (Å²) < 4.78 is 17.1. The fourth-order valence-corrected chi connectivity index (χ4v) is 5.25. The van der Waals surface area contributed by atoms with E-state index in [1.54, 1.807) is 0 Å². The number of ether oxygens (including phenoxy) is 2. The van der Waals surface area contributed by atoms with Crippen LogP contribution in [-0.2, 0) is 28.9 Å². The van der Waals surface area contributed by atoms with Crippen LogP contribution in [0.25, 0.3) is 11.5 Å². The minimum Gasteiger partial charge on any atom is -0.493 e. The number of aromatic nitrogens is 1. The van der Waals surface area contributed by atoms with Crippen LogP contribution in [0, 0.1) is 18.8 Å². The normalized spacial score (nSPS) is 17.4. The molecule has 4 aromatic rings. The van der Waals surface area contributed by atoms with E-state index in [1.165, 1.54) is 12.7 Å². The fraction of sp³-hybridized carbons (Fsp3) is 0.312. The van der Waals surface area contributed by atoms with Crippen LogP contribution in [-0.4, -0.2) is 42.7 Å². The number of aryl methyl sites for hydroxylation is 1. The van der Waals surface area contributed by atoms with Crippen LogP contribution in [0.1, 0.15) is 22.6 Å². The molecule has 1 aliphatic rings. The minimum atomic E-state index is -0.137. The summed E-state index contributed by atoms with van der Waals surface area (Å²) in [5.41, 5.74) is 4.29. The summed E-state index contributed by atoms with van der Waals surface area (Å²) in [7, 11) is 1.48. The van der Waals surface area contributed by atoms with Gasteiger partial charge in [-0.05, 0) is 54.7 Å². The first-order chi connectivity index (χ1) is 18.6. The first-order valence-corrected chi connectivity index (χ1v) is 13.2. The summed E-state index contributed by atoms with van der Waals surface area (Å²) in [5, 5.41) is 0. The van der Waals surface area contributed by atoms with Crippen molar-refractivity contribution in [1.29, 1.82) is 0 Å². The zero-order valence-electron chi connectivity index (χ0n) is 22.0. The van der Waals surface area contributed by atoms with Gasteiger partial charge in [-0.1, -0.05) is 60.7 Å². The van der Waals surface area contributed by atoms with Gasteiger partial charge in [0.1, 0.15) is 11.5 Å². The van der Waals surface area contributed by atoms with E-state index in [2.05, 4.69) is 46.3 Å². The Bertz CT molecular complexity index is 1340. The summed E-state index contributed by atoms with van der Waals surface area (Å²) in [6.45, 7) is 4.85. The van der Waals surface area contributed by atoms with E-state index in [9.17, 15) is 4.79 Å². The highest BCUT2D eigenvalue weighted by Gasteiger charge is 2.38. The lowest BCUT2D eigenvalue weighted by molar-refractivity contribution is -0.146. The number of hydrogen-bond acceptors (Lipinski definition) is 6. The van der Waals surface area contributed by atoms with Crippen LogP contribution in [0.3, 0.4) is 0 Å². The smallest absolute Gasteiger partial charge is 0.310 e. The lowest BCUT2D eigenvalue weighted by atomic mass is 9.89. The van der Waals surface area contributed by atoms with Crippen molar-refractivity contribution in [3.63, 3.8) is 0 Å². The van der Waals surface area contributed by atoms with Gasteiger partial charge in [0.05, 0.1) is 25.3 Å². The minimum absolute atomic E-state index is 0.129. The van der Waals surface area contributed by atoms with Crippen molar-refractivity contribution in [2.45, 2.75) is 26.3 Å². The lowest BCUT2D eigenvalue weighted by Crippen LogP contribution is -2.25. The Kier molecular flexibility index (Phi) is 8.19. The largest absolute Gasteiger partial charge is 0.493 e. The topological polar surface area (TPSA) is 64.8 Å². The molecule has 1 saturated heterocycles. The van der Waals surface area contributed by atoms with Crippen molar-refractivity contribution in [3.8, 4) is 17.2 Å². The summed E-state index contributed by atoms with van der Waals surface area (Å²) in [4.78, 5) is 19.6. The van der Waals surface area contributed by atoms with Gasteiger partial charge in [-0.25, -0.2) is 4.98 Å². The number of carbonyl (C=O) groups excluding carboxylic acids is 1. The molecular weight excluding hydrogens is 476 g/mol. The van der Waals surface area contributed by atoms with Gasteiger partial charge in [-0.3, -0.25) is 9.69 Å².